The van der Waals surface area contributed by atoms with Crippen LogP contribution in [0, 0.1) is 0 Å². The largest absolute Gasteiger partial charge is 0.455 e. The predicted octanol–water partition coefficient (Wildman–Crippen LogP) is 2.99. The van der Waals surface area contributed by atoms with Gasteiger partial charge in [-0.1, -0.05) is 12.1 Å². The fourth-order valence-corrected chi connectivity index (χ4v) is 1.50. The van der Waals surface area contributed by atoms with Crippen molar-refractivity contribution in [2.45, 2.75) is 6.18 Å². The van der Waals surface area contributed by atoms with Crippen LogP contribution in [-0.2, 0) is 6.18 Å². The van der Waals surface area contributed by atoms with E-state index in [1.165, 1.54) is 30.3 Å². The summed E-state index contributed by atoms with van der Waals surface area (Å²) in [5, 5.41) is 0. The molecule has 0 unspecified atom stereocenters. The lowest BCUT2D eigenvalue weighted by Crippen LogP contribution is -2.12. The molecule has 20 heavy (non-hydrogen) atoms. The van der Waals surface area contributed by atoms with Gasteiger partial charge in [-0.15, -0.1) is 0 Å². The first-order chi connectivity index (χ1) is 9.38. The summed E-state index contributed by atoms with van der Waals surface area (Å²) in [7, 11) is 0. The Hall–Kier alpha value is -2.57. The van der Waals surface area contributed by atoms with Gasteiger partial charge in [0, 0.05) is 0 Å². The van der Waals surface area contributed by atoms with Crippen LogP contribution in [0.5, 0.6) is 11.5 Å². The Kier molecular flexibility index (Phi) is 3.60. The van der Waals surface area contributed by atoms with Crippen molar-refractivity contribution in [3.63, 3.8) is 0 Å². The minimum Gasteiger partial charge on any atom is -0.455 e. The monoisotopic (exact) mass is 282 g/mol. The Morgan fingerprint density at radius 3 is 2.40 bits per heavy atom. The van der Waals surface area contributed by atoms with Crippen LogP contribution >= 0.6 is 0 Å². The molecule has 0 aliphatic rings. The van der Waals surface area contributed by atoms with E-state index in [4.69, 9.17) is 10.5 Å². The van der Waals surface area contributed by atoms with Gasteiger partial charge in [-0.25, -0.2) is 4.98 Å². The van der Waals surface area contributed by atoms with Crippen molar-refractivity contribution < 1.29 is 22.7 Å². The van der Waals surface area contributed by atoms with Crippen molar-refractivity contribution in [3.8, 4) is 11.5 Å². The zero-order valence-electron chi connectivity index (χ0n) is 10.0. The average molecular weight is 282 g/mol. The molecule has 1 heterocycles. The van der Waals surface area contributed by atoms with Gasteiger partial charge in [-0.05, 0) is 24.3 Å². The molecular formula is C13H9F3N2O2. The Bertz CT molecular complexity index is 624. The molecular weight excluding hydrogens is 273 g/mol. The SMILES string of the molecule is NC(=O)c1ccc(Oc2ccccc2C(F)(F)F)cn1. The van der Waals surface area contributed by atoms with E-state index in [0.29, 0.717) is 0 Å². The summed E-state index contributed by atoms with van der Waals surface area (Å²) in [6.07, 6.45) is -3.38. The van der Waals surface area contributed by atoms with Crippen LogP contribution in [0.3, 0.4) is 0 Å². The molecule has 1 aromatic carbocycles. The molecule has 0 bridgehead atoms. The molecule has 0 aliphatic carbocycles. The van der Waals surface area contributed by atoms with Gasteiger partial charge in [0.1, 0.15) is 17.2 Å². The van der Waals surface area contributed by atoms with E-state index in [9.17, 15) is 18.0 Å². The highest BCUT2D eigenvalue weighted by molar-refractivity contribution is 5.90. The van der Waals surface area contributed by atoms with Crippen LogP contribution in [0.4, 0.5) is 13.2 Å². The summed E-state index contributed by atoms with van der Waals surface area (Å²) in [5.74, 6) is -0.993. The normalized spacial score (nSPS) is 11.2. The van der Waals surface area contributed by atoms with E-state index < -0.39 is 17.6 Å². The van der Waals surface area contributed by atoms with Gasteiger partial charge in [0.15, 0.2) is 0 Å². The zero-order valence-corrected chi connectivity index (χ0v) is 10.0. The third kappa shape index (κ3) is 3.05. The fraction of sp³-hybridized carbons (Fsp3) is 0.0769. The van der Waals surface area contributed by atoms with E-state index in [0.717, 1.165) is 12.3 Å². The van der Waals surface area contributed by atoms with Crippen molar-refractivity contribution in [3.05, 3.63) is 53.9 Å². The third-order valence-corrected chi connectivity index (χ3v) is 2.41. The minimum absolute atomic E-state index is 0.00135. The number of halogens is 3. The summed E-state index contributed by atoms with van der Waals surface area (Å²) in [5.41, 5.74) is 4.12. The second kappa shape index (κ2) is 5.20. The highest BCUT2D eigenvalue weighted by Gasteiger charge is 2.34. The summed E-state index contributed by atoms with van der Waals surface area (Å²) in [4.78, 5) is 14.5. The number of primary amides is 1. The maximum atomic E-state index is 12.8. The molecule has 0 radical (unpaired) electrons. The number of carbonyl (C=O) groups excluding carboxylic acids is 1. The molecule has 0 fully saturated rings. The van der Waals surface area contributed by atoms with Crippen molar-refractivity contribution in [2.75, 3.05) is 0 Å². The second-order valence-electron chi connectivity index (χ2n) is 3.84. The van der Waals surface area contributed by atoms with Crippen molar-refractivity contribution in [2.24, 2.45) is 5.73 Å². The van der Waals surface area contributed by atoms with Crippen LogP contribution in [-0.4, -0.2) is 10.9 Å². The molecule has 0 aliphatic heterocycles. The van der Waals surface area contributed by atoms with Gasteiger partial charge >= 0.3 is 6.18 Å². The van der Waals surface area contributed by atoms with Gasteiger partial charge in [0.25, 0.3) is 5.91 Å². The highest BCUT2D eigenvalue weighted by Crippen LogP contribution is 2.37. The van der Waals surface area contributed by atoms with Crippen molar-refractivity contribution in [1.82, 2.24) is 4.98 Å². The van der Waals surface area contributed by atoms with Crippen molar-refractivity contribution >= 4 is 5.91 Å². The Labute approximate surface area is 112 Å². The average Bonchev–Trinajstić information content (AvgIpc) is 2.38. The van der Waals surface area contributed by atoms with E-state index in [2.05, 4.69) is 4.98 Å². The number of hydrogen-bond donors (Lipinski definition) is 1. The number of rotatable bonds is 3. The molecule has 1 amide bonds. The Balaban J connectivity index is 2.28. The fourth-order valence-electron chi connectivity index (χ4n) is 1.50. The highest BCUT2D eigenvalue weighted by atomic mass is 19.4. The summed E-state index contributed by atoms with van der Waals surface area (Å²) in [6, 6.07) is 7.40. The third-order valence-electron chi connectivity index (χ3n) is 2.41. The van der Waals surface area contributed by atoms with Crippen molar-refractivity contribution in [1.29, 1.82) is 0 Å². The molecule has 2 rings (SSSR count). The molecule has 4 nitrogen and oxygen atoms in total. The molecule has 104 valence electrons. The number of carbonyl (C=O) groups is 1. The molecule has 0 atom stereocenters. The van der Waals surface area contributed by atoms with Gasteiger partial charge in [0.2, 0.25) is 0 Å². The number of pyridine rings is 1. The van der Waals surface area contributed by atoms with E-state index in [1.54, 1.807) is 0 Å². The molecule has 0 saturated heterocycles. The number of alkyl halides is 3. The number of ether oxygens (including phenoxy) is 1. The number of aromatic nitrogens is 1. The van der Waals surface area contributed by atoms with Crippen LogP contribution in [0.2, 0.25) is 0 Å². The summed E-state index contributed by atoms with van der Waals surface area (Å²) < 4.78 is 43.4. The summed E-state index contributed by atoms with van der Waals surface area (Å²) in [6.45, 7) is 0. The smallest absolute Gasteiger partial charge is 0.419 e. The number of amides is 1. The second-order valence-corrected chi connectivity index (χ2v) is 3.84. The first kappa shape index (κ1) is 13.9. The van der Waals surface area contributed by atoms with Crippen LogP contribution in [0.25, 0.3) is 0 Å². The number of hydrogen-bond acceptors (Lipinski definition) is 3. The maximum Gasteiger partial charge on any atom is 0.419 e. The molecule has 0 spiro atoms. The quantitative estimate of drug-likeness (QED) is 0.941. The lowest BCUT2D eigenvalue weighted by Gasteiger charge is -2.13. The van der Waals surface area contributed by atoms with E-state index >= 15 is 0 Å². The topological polar surface area (TPSA) is 65.2 Å². The summed E-state index contributed by atoms with van der Waals surface area (Å²) >= 11 is 0. The van der Waals surface area contributed by atoms with Gasteiger partial charge in [0.05, 0.1) is 11.8 Å². The number of nitrogens with zero attached hydrogens (tertiary/aromatic N) is 1. The zero-order chi connectivity index (χ0) is 14.8. The van der Waals surface area contributed by atoms with E-state index in [-0.39, 0.29) is 17.2 Å². The predicted molar refractivity (Wildman–Crippen MR) is 64.3 cm³/mol. The van der Waals surface area contributed by atoms with E-state index in [1.807, 2.05) is 0 Å². The molecule has 1 aromatic heterocycles. The number of para-hydroxylation sites is 1. The maximum absolute atomic E-state index is 12.8. The minimum atomic E-state index is -4.52. The van der Waals surface area contributed by atoms with Crippen LogP contribution < -0.4 is 10.5 Å². The van der Waals surface area contributed by atoms with Gasteiger partial charge < -0.3 is 10.5 Å². The van der Waals surface area contributed by atoms with Crippen LogP contribution in [0.1, 0.15) is 16.1 Å². The number of benzene rings is 1. The van der Waals surface area contributed by atoms with Gasteiger partial charge in [-0.3, -0.25) is 4.79 Å². The molecule has 2 N–H and O–H groups in total. The lowest BCUT2D eigenvalue weighted by atomic mass is 10.2. The first-order valence-corrected chi connectivity index (χ1v) is 5.48. The first-order valence-electron chi connectivity index (χ1n) is 5.48. The standard InChI is InChI=1S/C13H9F3N2O2/c14-13(15,16)9-3-1-2-4-11(9)20-8-5-6-10(12(17)19)18-7-8/h1-7H,(H2,17,19). The molecule has 2 aromatic rings. The Morgan fingerprint density at radius 2 is 1.85 bits per heavy atom. The Morgan fingerprint density at radius 1 is 1.15 bits per heavy atom. The molecule has 7 heteroatoms. The molecule has 0 saturated carbocycles. The number of nitrogens with two attached hydrogens (primary N) is 1. The van der Waals surface area contributed by atoms with Gasteiger partial charge in [-0.2, -0.15) is 13.2 Å². The van der Waals surface area contributed by atoms with Crippen LogP contribution in [0.15, 0.2) is 42.6 Å². The lowest BCUT2D eigenvalue weighted by molar-refractivity contribution is -0.138.